The Morgan fingerprint density at radius 1 is 1.35 bits per heavy atom. The lowest BCUT2D eigenvalue weighted by molar-refractivity contribution is 0.0954. The van der Waals surface area contributed by atoms with E-state index in [1.165, 1.54) is 32.1 Å². The van der Waals surface area contributed by atoms with Crippen molar-refractivity contribution in [3.63, 3.8) is 0 Å². The lowest BCUT2D eigenvalue weighted by Gasteiger charge is -2.16. The van der Waals surface area contributed by atoms with Crippen LogP contribution in [0.4, 0.5) is 0 Å². The van der Waals surface area contributed by atoms with Crippen LogP contribution in [0.1, 0.15) is 48.0 Å². The smallest absolute Gasteiger partial charge is 0.271 e. The van der Waals surface area contributed by atoms with Gasteiger partial charge in [0.25, 0.3) is 5.91 Å². The zero-order chi connectivity index (χ0) is 14.4. The Bertz CT molecular complexity index is 491. The Morgan fingerprint density at radius 3 is 2.80 bits per heavy atom. The first-order valence-corrected chi connectivity index (χ1v) is 7.19. The number of amides is 1. The number of benzene rings is 1. The number of carbonyl (C=O) groups is 1. The quantitative estimate of drug-likeness (QED) is 0.676. The van der Waals surface area contributed by atoms with E-state index in [1.807, 2.05) is 25.3 Å². The summed E-state index contributed by atoms with van der Waals surface area (Å²) in [6, 6.07) is 5.44. The molecule has 0 radical (unpaired) electrons. The summed E-state index contributed by atoms with van der Waals surface area (Å²) >= 11 is 0. The molecule has 4 heteroatoms. The van der Waals surface area contributed by atoms with Gasteiger partial charge in [0.05, 0.1) is 7.11 Å². The van der Waals surface area contributed by atoms with Gasteiger partial charge >= 0.3 is 0 Å². The van der Waals surface area contributed by atoms with Crippen molar-refractivity contribution in [3.05, 3.63) is 29.3 Å². The van der Waals surface area contributed by atoms with E-state index in [0.717, 1.165) is 5.56 Å². The maximum Gasteiger partial charge on any atom is 0.271 e. The van der Waals surface area contributed by atoms with Gasteiger partial charge in [-0.3, -0.25) is 4.79 Å². The second kappa shape index (κ2) is 7.08. The molecule has 20 heavy (non-hydrogen) atoms. The van der Waals surface area contributed by atoms with Gasteiger partial charge in [0.2, 0.25) is 0 Å². The summed E-state index contributed by atoms with van der Waals surface area (Å²) < 4.78 is 5.22. The molecule has 0 aromatic heterocycles. The fourth-order valence-electron chi connectivity index (χ4n) is 2.63. The van der Waals surface area contributed by atoms with Crippen LogP contribution in [0, 0.1) is 12.8 Å². The minimum absolute atomic E-state index is 0.187. The Kier molecular flexibility index (Phi) is 5.16. The Morgan fingerprint density at radius 2 is 2.10 bits per heavy atom. The molecule has 0 heterocycles. The van der Waals surface area contributed by atoms with E-state index < -0.39 is 0 Å². The fraction of sp³-hybridized carbons (Fsp3) is 0.500. The minimum atomic E-state index is -0.187. The van der Waals surface area contributed by atoms with E-state index in [4.69, 9.17) is 4.74 Å². The maximum atomic E-state index is 12.1. The van der Waals surface area contributed by atoms with Crippen LogP contribution in [0.15, 0.2) is 23.3 Å². The molecular weight excluding hydrogens is 252 g/mol. The Balaban J connectivity index is 1.96. The average Bonchev–Trinajstić information content (AvgIpc) is 2.48. The standard InChI is InChI=1S/C16H22N2O2/c1-12-14(9-6-10-15(12)20-2)16(19)18-17-11-13-7-4-3-5-8-13/h6,9-11,13H,3-5,7-8H2,1-2H3,(H,18,19)/b17-11+. The third-order valence-electron chi connectivity index (χ3n) is 3.85. The summed E-state index contributed by atoms with van der Waals surface area (Å²) in [5.74, 6) is 1.04. The van der Waals surface area contributed by atoms with Crippen LogP contribution in [0.25, 0.3) is 0 Å². The normalized spacial score (nSPS) is 16.3. The number of nitrogens with one attached hydrogen (secondary N) is 1. The summed E-state index contributed by atoms with van der Waals surface area (Å²) in [6.45, 7) is 1.87. The molecule has 1 N–H and O–H groups in total. The molecule has 1 aromatic rings. The second-order valence-electron chi connectivity index (χ2n) is 5.25. The monoisotopic (exact) mass is 274 g/mol. The van der Waals surface area contributed by atoms with Gasteiger partial charge in [-0.2, -0.15) is 5.10 Å². The predicted molar refractivity (Wildman–Crippen MR) is 80.3 cm³/mol. The van der Waals surface area contributed by atoms with Crippen molar-refractivity contribution in [3.8, 4) is 5.75 Å². The zero-order valence-electron chi connectivity index (χ0n) is 12.2. The molecule has 0 saturated heterocycles. The summed E-state index contributed by atoms with van der Waals surface area (Å²) in [4.78, 5) is 12.1. The van der Waals surface area contributed by atoms with Gasteiger partial charge in [0.15, 0.2) is 0 Å². The van der Waals surface area contributed by atoms with Crippen LogP contribution in [-0.2, 0) is 0 Å². The van der Waals surface area contributed by atoms with Crippen molar-refractivity contribution in [2.24, 2.45) is 11.0 Å². The Labute approximate surface area is 120 Å². The van der Waals surface area contributed by atoms with E-state index in [2.05, 4.69) is 10.5 Å². The van der Waals surface area contributed by atoms with Gasteiger partial charge in [0, 0.05) is 17.3 Å². The fourth-order valence-corrected chi connectivity index (χ4v) is 2.63. The number of hydrazone groups is 1. The number of hydrogen-bond acceptors (Lipinski definition) is 3. The third-order valence-corrected chi connectivity index (χ3v) is 3.85. The van der Waals surface area contributed by atoms with Crippen molar-refractivity contribution in [1.29, 1.82) is 0 Å². The van der Waals surface area contributed by atoms with Gasteiger partial charge < -0.3 is 4.74 Å². The van der Waals surface area contributed by atoms with E-state index in [1.54, 1.807) is 13.2 Å². The first-order chi connectivity index (χ1) is 9.72. The minimum Gasteiger partial charge on any atom is -0.496 e. The molecule has 2 rings (SSSR count). The molecule has 0 aliphatic heterocycles. The number of nitrogens with zero attached hydrogens (tertiary/aromatic N) is 1. The number of ether oxygens (including phenoxy) is 1. The van der Waals surface area contributed by atoms with E-state index in [9.17, 15) is 4.79 Å². The molecule has 1 aliphatic carbocycles. The second-order valence-corrected chi connectivity index (χ2v) is 5.25. The van der Waals surface area contributed by atoms with Crippen molar-refractivity contribution in [2.45, 2.75) is 39.0 Å². The van der Waals surface area contributed by atoms with Gasteiger partial charge in [-0.05, 0) is 37.8 Å². The lowest BCUT2D eigenvalue weighted by Crippen LogP contribution is -2.20. The summed E-state index contributed by atoms with van der Waals surface area (Å²) in [5, 5.41) is 4.10. The molecule has 0 bridgehead atoms. The average molecular weight is 274 g/mol. The van der Waals surface area contributed by atoms with Gasteiger partial charge in [-0.25, -0.2) is 5.43 Å². The van der Waals surface area contributed by atoms with Gasteiger partial charge in [-0.1, -0.05) is 25.3 Å². The highest BCUT2D eigenvalue weighted by atomic mass is 16.5. The first kappa shape index (κ1) is 14.6. The summed E-state index contributed by atoms with van der Waals surface area (Å²) in [5.41, 5.74) is 4.05. The number of carbonyl (C=O) groups excluding carboxylic acids is 1. The van der Waals surface area contributed by atoms with Crippen LogP contribution in [-0.4, -0.2) is 19.2 Å². The zero-order valence-corrected chi connectivity index (χ0v) is 12.2. The molecule has 1 aliphatic rings. The molecule has 0 unspecified atom stereocenters. The van der Waals surface area contributed by atoms with E-state index in [-0.39, 0.29) is 5.91 Å². The topological polar surface area (TPSA) is 50.7 Å². The molecule has 1 saturated carbocycles. The summed E-state index contributed by atoms with van der Waals surface area (Å²) in [6.07, 6.45) is 8.08. The van der Waals surface area contributed by atoms with Crippen molar-refractivity contribution < 1.29 is 9.53 Å². The van der Waals surface area contributed by atoms with Crippen LogP contribution in [0.2, 0.25) is 0 Å². The van der Waals surface area contributed by atoms with Crippen molar-refractivity contribution in [1.82, 2.24) is 5.43 Å². The lowest BCUT2D eigenvalue weighted by atomic mass is 9.90. The largest absolute Gasteiger partial charge is 0.496 e. The van der Waals surface area contributed by atoms with Crippen LogP contribution in [0.3, 0.4) is 0 Å². The molecule has 108 valence electrons. The molecule has 1 aromatic carbocycles. The third kappa shape index (κ3) is 3.59. The highest BCUT2D eigenvalue weighted by Crippen LogP contribution is 2.22. The van der Waals surface area contributed by atoms with Gasteiger partial charge in [-0.15, -0.1) is 0 Å². The highest BCUT2D eigenvalue weighted by molar-refractivity contribution is 5.96. The van der Waals surface area contributed by atoms with E-state index >= 15 is 0 Å². The van der Waals surface area contributed by atoms with Crippen LogP contribution < -0.4 is 10.2 Å². The maximum absolute atomic E-state index is 12.1. The van der Waals surface area contributed by atoms with Crippen LogP contribution >= 0.6 is 0 Å². The highest BCUT2D eigenvalue weighted by Gasteiger charge is 2.13. The molecule has 0 atom stereocenters. The predicted octanol–water partition coefficient (Wildman–Crippen LogP) is 3.30. The van der Waals surface area contributed by atoms with Crippen molar-refractivity contribution >= 4 is 12.1 Å². The number of methoxy groups -OCH3 is 1. The molecule has 1 amide bonds. The molecule has 0 spiro atoms. The van der Waals surface area contributed by atoms with E-state index in [0.29, 0.717) is 17.2 Å². The SMILES string of the molecule is COc1cccc(C(=O)N/N=C/C2CCCCC2)c1C. The van der Waals surface area contributed by atoms with Crippen LogP contribution in [0.5, 0.6) is 5.75 Å². The number of hydrogen-bond donors (Lipinski definition) is 1. The first-order valence-electron chi connectivity index (χ1n) is 7.19. The molecular formula is C16H22N2O2. The summed E-state index contributed by atoms with van der Waals surface area (Å²) in [7, 11) is 1.60. The molecule has 4 nitrogen and oxygen atoms in total. The van der Waals surface area contributed by atoms with Crippen molar-refractivity contribution in [2.75, 3.05) is 7.11 Å². The number of rotatable bonds is 4. The molecule has 1 fully saturated rings. The Hall–Kier alpha value is -1.84. The van der Waals surface area contributed by atoms with Gasteiger partial charge in [0.1, 0.15) is 5.75 Å².